The molecule has 1 aromatic carbocycles. The molecule has 1 fully saturated rings. The Morgan fingerprint density at radius 1 is 1.55 bits per heavy atom. The van der Waals surface area contributed by atoms with Gasteiger partial charge in [0.15, 0.2) is 0 Å². The van der Waals surface area contributed by atoms with Gasteiger partial charge in [-0.05, 0) is 25.8 Å². The van der Waals surface area contributed by atoms with E-state index < -0.39 is 16.4 Å². The molecule has 0 aliphatic carbocycles. The molecular formula is C14H18N2O4. The van der Waals surface area contributed by atoms with E-state index in [2.05, 4.69) is 0 Å². The summed E-state index contributed by atoms with van der Waals surface area (Å²) in [6, 6.07) is 6.12. The van der Waals surface area contributed by atoms with Gasteiger partial charge in [-0.25, -0.2) is 0 Å². The van der Waals surface area contributed by atoms with Crippen molar-refractivity contribution in [2.75, 3.05) is 13.1 Å². The normalized spacial score (nSPS) is 23.6. The van der Waals surface area contributed by atoms with Gasteiger partial charge >= 0.3 is 0 Å². The molecule has 2 rings (SSSR count). The molecule has 1 heterocycles. The molecule has 0 saturated carbocycles. The lowest BCUT2D eigenvalue weighted by Gasteiger charge is -2.22. The molecule has 2 unspecified atom stereocenters. The van der Waals surface area contributed by atoms with E-state index in [-0.39, 0.29) is 11.6 Å². The SMILES string of the molecule is CC(C(=O)N1CCC(C)(O)C1)c1cccc([N+](=O)[O-])c1. The molecule has 1 aliphatic rings. The van der Waals surface area contributed by atoms with Crippen molar-refractivity contribution >= 4 is 11.6 Å². The molecule has 2 atom stereocenters. The monoisotopic (exact) mass is 278 g/mol. The van der Waals surface area contributed by atoms with E-state index in [0.29, 0.717) is 25.1 Å². The van der Waals surface area contributed by atoms with Gasteiger partial charge in [-0.2, -0.15) is 0 Å². The number of rotatable bonds is 3. The zero-order valence-corrected chi connectivity index (χ0v) is 11.6. The lowest BCUT2D eigenvalue weighted by atomic mass is 9.99. The molecule has 20 heavy (non-hydrogen) atoms. The molecule has 1 amide bonds. The van der Waals surface area contributed by atoms with Gasteiger partial charge in [0.25, 0.3) is 5.69 Å². The lowest BCUT2D eigenvalue weighted by Crippen LogP contribution is -2.36. The van der Waals surface area contributed by atoms with Crippen LogP contribution in [0, 0.1) is 10.1 Å². The number of nitro groups is 1. The summed E-state index contributed by atoms with van der Waals surface area (Å²) in [5.41, 5.74) is -0.232. The first-order chi connectivity index (χ1) is 9.30. The van der Waals surface area contributed by atoms with E-state index in [9.17, 15) is 20.0 Å². The van der Waals surface area contributed by atoms with Gasteiger partial charge in [0.1, 0.15) is 0 Å². The van der Waals surface area contributed by atoms with Gasteiger partial charge in [-0.15, -0.1) is 0 Å². The topological polar surface area (TPSA) is 83.7 Å². The zero-order valence-electron chi connectivity index (χ0n) is 11.6. The summed E-state index contributed by atoms with van der Waals surface area (Å²) < 4.78 is 0. The third-order valence-corrected chi connectivity index (χ3v) is 3.71. The average molecular weight is 278 g/mol. The van der Waals surface area contributed by atoms with Crippen LogP contribution in [0.3, 0.4) is 0 Å². The quantitative estimate of drug-likeness (QED) is 0.673. The molecule has 108 valence electrons. The molecule has 0 aromatic heterocycles. The predicted octanol–water partition coefficient (Wildman–Crippen LogP) is 1.68. The van der Waals surface area contributed by atoms with Crippen molar-refractivity contribution in [2.24, 2.45) is 0 Å². The van der Waals surface area contributed by atoms with Crippen LogP contribution >= 0.6 is 0 Å². The molecule has 6 heteroatoms. The fourth-order valence-electron chi connectivity index (χ4n) is 2.46. The summed E-state index contributed by atoms with van der Waals surface area (Å²) in [4.78, 5) is 24.3. The largest absolute Gasteiger partial charge is 0.388 e. The van der Waals surface area contributed by atoms with E-state index >= 15 is 0 Å². The number of nitrogens with zero attached hydrogens (tertiary/aromatic N) is 2. The molecule has 1 aromatic rings. The Kier molecular flexibility index (Phi) is 3.76. The first-order valence-corrected chi connectivity index (χ1v) is 6.56. The van der Waals surface area contributed by atoms with E-state index in [4.69, 9.17) is 0 Å². The van der Waals surface area contributed by atoms with Crippen LogP contribution in [0.25, 0.3) is 0 Å². The number of likely N-dealkylation sites (tertiary alicyclic amines) is 1. The van der Waals surface area contributed by atoms with Crippen molar-refractivity contribution < 1.29 is 14.8 Å². The molecular weight excluding hydrogens is 260 g/mol. The van der Waals surface area contributed by atoms with Crippen molar-refractivity contribution in [3.05, 3.63) is 39.9 Å². The molecule has 6 nitrogen and oxygen atoms in total. The Bertz CT molecular complexity index is 542. The standard InChI is InChI=1S/C14H18N2O4/c1-10(11-4-3-5-12(8-11)16(19)20)13(17)15-7-6-14(2,18)9-15/h3-5,8,10,18H,6-7,9H2,1-2H3. The average Bonchev–Trinajstić information content (AvgIpc) is 2.77. The second-order valence-electron chi connectivity index (χ2n) is 5.58. The Morgan fingerprint density at radius 3 is 2.80 bits per heavy atom. The van der Waals surface area contributed by atoms with E-state index in [1.54, 1.807) is 30.9 Å². The second kappa shape index (κ2) is 5.20. The third kappa shape index (κ3) is 2.96. The first kappa shape index (κ1) is 14.5. The highest BCUT2D eigenvalue weighted by atomic mass is 16.6. The van der Waals surface area contributed by atoms with Gasteiger partial charge in [0.05, 0.1) is 16.4 Å². The minimum absolute atomic E-state index is 0.0180. The third-order valence-electron chi connectivity index (χ3n) is 3.71. The molecule has 0 spiro atoms. The van der Waals surface area contributed by atoms with Gasteiger partial charge < -0.3 is 10.0 Å². The number of aliphatic hydroxyl groups is 1. The van der Waals surface area contributed by atoms with Gasteiger partial charge in [0.2, 0.25) is 5.91 Å². The van der Waals surface area contributed by atoms with Crippen molar-refractivity contribution in [1.82, 2.24) is 4.90 Å². The summed E-state index contributed by atoms with van der Waals surface area (Å²) in [6.07, 6.45) is 0.556. The van der Waals surface area contributed by atoms with Gasteiger partial charge in [-0.3, -0.25) is 14.9 Å². The summed E-state index contributed by atoms with van der Waals surface area (Å²) in [6.45, 7) is 4.27. The number of hydrogen-bond donors (Lipinski definition) is 1. The number of β-amino-alcohol motifs (C(OH)–C–C–N with tert-alkyl or cyclic N) is 1. The maximum absolute atomic E-state index is 12.4. The maximum Gasteiger partial charge on any atom is 0.269 e. The fraction of sp³-hybridized carbons (Fsp3) is 0.500. The number of benzene rings is 1. The van der Waals surface area contributed by atoms with Gasteiger partial charge in [0, 0.05) is 25.2 Å². The van der Waals surface area contributed by atoms with Crippen molar-refractivity contribution in [3.8, 4) is 0 Å². The summed E-state index contributed by atoms with van der Waals surface area (Å²) in [5, 5.41) is 20.7. The second-order valence-corrected chi connectivity index (χ2v) is 5.58. The van der Waals surface area contributed by atoms with Crippen LogP contribution in [0.2, 0.25) is 0 Å². The number of amides is 1. The van der Waals surface area contributed by atoms with Crippen molar-refractivity contribution in [3.63, 3.8) is 0 Å². The maximum atomic E-state index is 12.4. The summed E-state index contributed by atoms with van der Waals surface area (Å²) in [5.74, 6) is -0.563. The fourth-order valence-corrected chi connectivity index (χ4v) is 2.46. The van der Waals surface area contributed by atoms with Crippen LogP contribution in [0.4, 0.5) is 5.69 Å². The Morgan fingerprint density at radius 2 is 2.25 bits per heavy atom. The lowest BCUT2D eigenvalue weighted by molar-refractivity contribution is -0.384. The van der Waals surface area contributed by atoms with Crippen molar-refractivity contribution in [2.45, 2.75) is 31.8 Å². The highest BCUT2D eigenvalue weighted by Crippen LogP contribution is 2.27. The Hall–Kier alpha value is -1.95. The zero-order chi connectivity index (χ0) is 14.9. The molecule has 1 aliphatic heterocycles. The van der Waals surface area contributed by atoms with Crippen LogP contribution in [-0.2, 0) is 4.79 Å². The van der Waals surface area contributed by atoms with E-state index in [0.717, 1.165) is 0 Å². The number of carbonyl (C=O) groups excluding carboxylic acids is 1. The Labute approximate surface area is 117 Å². The first-order valence-electron chi connectivity index (χ1n) is 6.56. The van der Waals surface area contributed by atoms with Crippen LogP contribution < -0.4 is 0 Å². The smallest absolute Gasteiger partial charge is 0.269 e. The Balaban J connectivity index is 2.15. The van der Waals surface area contributed by atoms with Crippen LogP contribution in [0.15, 0.2) is 24.3 Å². The summed E-state index contributed by atoms with van der Waals surface area (Å²) >= 11 is 0. The number of hydrogen-bond acceptors (Lipinski definition) is 4. The van der Waals surface area contributed by atoms with E-state index in [1.807, 2.05) is 0 Å². The number of nitro benzene ring substituents is 1. The van der Waals surface area contributed by atoms with E-state index in [1.165, 1.54) is 12.1 Å². The van der Waals surface area contributed by atoms with Crippen molar-refractivity contribution in [1.29, 1.82) is 0 Å². The molecule has 1 saturated heterocycles. The minimum atomic E-state index is -0.835. The molecule has 0 bridgehead atoms. The van der Waals surface area contributed by atoms with Crippen LogP contribution in [0.1, 0.15) is 31.7 Å². The molecule has 0 radical (unpaired) electrons. The summed E-state index contributed by atoms with van der Waals surface area (Å²) in [7, 11) is 0. The van der Waals surface area contributed by atoms with Crippen LogP contribution in [0.5, 0.6) is 0 Å². The predicted molar refractivity (Wildman–Crippen MR) is 73.3 cm³/mol. The molecule has 1 N–H and O–H groups in total. The highest BCUT2D eigenvalue weighted by Gasteiger charge is 2.35. The number of carbonyl (C=O) groups is 1. The number of non-ortho nitro benzene ring substituents is 1. The minimum Gasteiger partial charge on any atom is -0.388 e. The van der Waals surface area contributed by atoms with Crippen LogP contribution in [-0.4, -0.2) is 39.5 Å². The highest BCUT2D eigenvalue weighted by molar-refractivity contribution is 5.83. The van der Waals surface area contributed by atoms with Gasteiger partial charge in [-0.1, -0.05) is 12.1 Å².